The van der Waals surface area contributed by atoms with Crippen molar-refractivity contribution in [1.82, 2.24) is 0 Å². The van der Waals surface area contributed by atoms with E-state index >= 15 is 0 Å². The Kier molecular flexibility index (Phi) is 4.74. The molecule has 7 heteroatoms. The number of carboxylic acids is 1. The number of hydrogen-bond donors (Lipinski definition) is 3. The predicted molar refractivity (Wildman–Crippen MR) is 76.5 cm³/mol. The van der Waals surface area contributed by atoms with Crippen molar-refractivity contribution in [2.75, 3.05) is 11.9 Å². The summed E-state index contributed by atoms with van der Waals surface area (Å²) in [5.74, 6) is -0.921. The van der Waals surface area contributed by atoms with Crippen LogP contribution >= 0.6 is 0 Å². The normalized spacial score (nSPS) is 21.8. The molecule has 0 amide bonds. The fourth-order valence-corrected chi connectivity index (χ4v) is 2.68. The molecular formula is C14H18N2O5. The number of nitrogens with one attached hydrogen (secondary N) is 1. The number of nitro groups is 1. The van der Waals surface area contributed by atoms with Gasteiger partial charge in [0.1, 0.15) is 0 Å². The molecule has 0 aromatic heterocycles. The van der Waals surface area contributed by atoms with E-state index < -0.39 is 10.9 Å². The summed E-state index contributed by atoms with van der Waals surface area (Å²) >= 11 is 0. The molecule has 1 fully saturated rings. The van der Waals surface area contributed by atoms with Crippen LogP contribution < -0.4 is 5.32 Å². The Morgan fingerprint density at radius 2 is 2.19 bits per heavy atom. The number of aliphatic hydroxyl groups is 1. The molecule has 2 unspecified atom stereocenters. The van der Waals surface area contributed by atoms with Gasteiger partial charge in [-0.1, -0.05) is 6.42 Å². The van der Waals surface area contributed by atoms with E-state index in [1.165, 1.54) is 12.1 Å². The zero-order valence-corrected chi connectivity index (χ0v) is 11.5. The maximum Gasteiger partial charge on any atom is 0.338 e. The molecule has 1 aromatic rings. The minimum Gasteiger partial charge on any atom is -0.478 e. The van der Waals surface area contributed by atoms with Gasteiger partial charge in [0.15, 0.2) is 0 Å². The van der Waals surface area contributed by atoms with Crippen molar-refractivity contribution in [2.24, 2.45) is 5.92 Å². The van der Waals surface area contributed by atoms with Crippen molar-refractivity contribution in [1.29, 1.82) is 0 Å². The van der Waals surface area contributed by atoms with Crippen LogP contribution in [-0.2, 0) is 0 Å². The van der Waals surface area contributed by atoms with Crippen LogP contribution in [0.5, 0.6) is 0 Å². The number of rotatable bonds is 5. The Hall–Kier alpha value is -2.15. The van der Waals surface area contributed by atoms with Crippen molar-refractivity contribution in [3.8, 4) is 0 Å². The number of aromatic carboxylic acids is 1. The van der Waals surface area contributed by atoms with Gasteiger partial charge >= 0.3 is 5.97 Å². The summed E-state index contributed by atoms with van der Waals surface area (Å²) in [7, 11) is 0. The number of nitrogens with zero attached hydrogens (tertiary/aromatic N) is 1. The van der Waals surface area contributed by atoms with Crippen LogP contribution in [-0.4, -0.2) is 33.8 Å². The lowest BCUT2D eigenvalue weighted by molar-refractivity contribution is -0.384. The van der Waals surface area contributed by atoms with Gasteiger partial charge in [-0.25, -0.2) is 4.79 Å². The van der Waals surface area contributed by atoms with E-state index in [-0.39, 0.29) is 23.3 Å². The number of anilines is 1. The summed E-state index contributed by atoms with van der Waals surface area (Å²) in [6.45, 7) is 0.551. The quantitative estimate of drug-likeness (QED) is 0.567. The van der Waals surface area contributed by atoms with Crippen LogP contribution in [0.3, 0.4) is 0 Å². The van der Waals surface area contributed by atoms with Gasteiger partial charge in [0.2, 0.25) is 0 Å². The van der Waals surface area contributed by atoms with E-state index in [1.807, 2.05) is 0 Å². The highest BCUT2D eigenvalue weighted by molar-refractivity contribution is 5.95. The molecule has 0 spiro atoms. The van der Waals surface area contributed by atoms with Gasteiger partial charge in [-0.3, -0.25) is 10.1 Å². The first-order chi connectivity index (χ1) is 9.97. The standard InChI is InChI=1S/C14H18N2O5/c17-11-3-1-2-9(6-11)8-15-13-5-4-10(16(20)21)7-12(13)14(18)19/h4-5,7,9,11,15,17H,1-3,6,8H2,(H,18,19). The Morgan fingerprint density at radius 1 is 1.43 bits per heavy atom. The van der Waals surface area contributed by atoms with Gasteiger partial charge in [-0.15, -0.1) is 0 Å². The molecule has 3 N–H and O–H groups in total. The summed E-state index contributed by atoms with van der Waals surface area (Å²) in [6, 6.07) is 3.76. The summed E-state index contributed by atoms with van der Waals surface area (Å²) in [5, 5.41) is 32.5. The molecule has 0 saturated heterocycles. The van der Waals surface area contributed by atoms with Gasteiger partial charge in [0.25, 0.3) is 5.69 Å². The van der Waals surface area contributed by atoms with Crippen molar-refractivity contribution in [2.45, 2.75) is 31.8 Å². The average molecular weight is 294 g/mol. The minimum absolute atomic E-state index is 0.111. The second-order valence-electron chi connectivity index (χ2n) is 5.36. The zero-order valence-electron chi connectivity index (χ0n) is 11.5. The topological polar surface area (TPSA) is 113 Å². The van der Waals surface area contributed by atoms with Crippen molar-refractivity contribution in [3.05, 3.63) is 33.9 Å². The average Bonchev–Trinajstić information content (AvgIpc) is 2.44. The molecule has 114 valence electrons. The van der Waals surface area contributed by atoms with Crippen LogP contribution in [0.25, 0.3) is 0 Å². The van der Waals surface area contributed by atoms with E-state index in [1.54, 1.807) is 0 Å². The summed E-state index contributed by atoms with van der Waals surface area (Å²) in [5.41, 5.74) is 0.0137. The van der Waals surface area contributed by atoms with E-state index in [2.05, 4.69) is 5.32 Å². The number of aliphatic hydroxyl groups excluding tert-OH is 1. The summed E-state index contributed by atoms with van der Waals surface area (Å²) in [6.07, 6.45) is 3.16. The van der Waals surface area contributed by atoms with Crippen molar-refractivity contribution >= 4 is 17.3 Å². The van der Waals surface area contributed by atoms with E-state index in [4.69, 9.17) is 5.11 Å². The van der Waals surface area contributed by atoms with Crippen LogP contribution in [0.4, 0.5) is 11.4 Å². The van der Waals surface area contributed by atoms with Gasteiger partial charge in [-0.2, -0.15) is 0 Å². The molecule has 1 aliphatic carbocycles. The summed E-state index contributed by atoms with van der Waals surface area (Å²) < 4.78 is 0. The molecule has 1 aliphatic rings. The number of carbonyl (C=O) groups is 1. The lowest BCUT2D eigenvalue weighted by Crippen LogP contribution is -2.25. The van der Waals surface area contributed by atoms with E-state index in [0.717, 1.165) is 25.3 Å². The van der Waals surface area contributed by atoms with Crippen LogP contribution in [0, 0.1) is 16.0 Å². The smallest absolute Gasteiger partial charge is 0.338 e. The third-order valence-electron chi connectivity index (χ3n) is 3.78. The maximum atomic E-state index is 11.2. The number of non-ortho nitro benzene ring substituents is 1. The lowest BCUT2D eigenvalue weighted by Gasteiger charge is -2.26. The Bertz CT molecular complexity index is 546. The molecule has 1 aromatic carbocycles. The molecule has 0 bridgehead atoms. The number of hydrogen-bond acceptors (Lipinski definition) is 5. The van der Waals surface area contributed by atoms with Gasteiger partial charge < -0.3 is 15.5 Å². The number of benzene rings is 1. The van der Waals surface area contributed by atoms with Crippen molar-refractivity contribution in [3.63, 3.8) is 0 Å². The molecule has 0 aliphatic heterocycles. The van der Waals surface area contributed by atoms with Gasteiger partial charge in [0.05, 0.1) is 16.6 Å². The SMILES string of the molecule is O=C(O)c1cc([N+](=O)[O-])ccc1NCC1CCCC(O)C1. The monoisotopic (exact) mass is 294 g/mol. The molecule has 21 heavy (non-hydrogen) atoms. The Labute approximate surface area is 121 Å². The summed E-state index contributed by atoms with van der Waals surface area (Å²) in [4.78, 5) is 21.3. The fraction of sp³-hybridized carbons (Fsp3) is 0.500. The minimum atomic E-state index is -1.20. The Balaban J connectivity index is 2.08. The second-order valence-corrected chi connectivity index (χ2v) is 5.36. The molecular weight excluding hydrogens is 276 g/mol. The number of carboxylic acid groups (broad SMARTS) is 1. The second kappa shape index (κ2) is 6.53. The molecule has 1 saturated carbocycles. The predicted octanol–water partition coefficient (Wildman–Crippen LogP) is 2.26. The Morgan fingerprint density at radius 3 is 2.81 bits per heavy atom. The van der Waals surface area contributed by atoms with Crippen LogP contribution in [0.2, 0.25) is 0 Å². The third kappa shape index (κ3) is 3.91. The largest absolute Gasteiger partial charge is 0.478 e. The molecule has 0 radical (unpaired) electrons. The van der Waals surface area contributed by atoms with Crippen LogP contribution in [0.1, 0.15) is 36.0 Å². The van der Waals surface area contributed by atoms with Gasteiger partial charge in [-0.05, 0) is 31.2 Å². The molecule has 0 heterocycles. The number of nitro benzene ring substituents is 1. The highest BCUT2D eigenvalue weighted by Crippen LogP contribution is 2.26. The van der Waals surface area contributed by atoms with E-state index in [9.17, 15) is 20.0 Å². The van der Waals surface area contributed by atoms with Crippen molar-refractivity contribution < 1.29 is 19.9 Å². The first-order valence-corrected chi connectivity index (χ1v) is 6.91. The van der Waals surface area contributed by atoms with E-state index in [0.29, 0.717) is 18.7 Å². The highest BCUT2D eigenvalue weighted by Gasteiger charge is 2.21. The third-order valence-corrected chi connectivity index (χ3v) is 3.78. The molecule has 2 rings (SSSR count). The first kappa shape index (κ1) is 15.2. The fourth-order valence-electron chi connectivity index (χ4n) is 2.68. The lowest BCUT2D eigenvalue weighted by atomic mass is 9.87. The van der Waals surface area contributed by atoms with Crippen LogP contribution in [0.15, 0.2) is 18.2 Å². The molecule has 2 atom stereocenters. The highest BCUT2D eigenvalue weighted by atomic mass is 16.6. The van der Waals surface area contributed by atoms with Gasteiger partial charge in [0, 0.05) is 24.4 Å². The first-order valence-electron chi connectivity index (χ1n) is 6.91. The maximum absolute atomic E-state index is 11.2. The zero-order chi connectivity index (χ0) is 15.4. The molecule has 7 nitrogen and oxygen atoms in total.